The second kappa shape index (κ2) is 6.27. The topological polar surface area (TPSA) is 50.1 Å². The molecule has 0 heterocycles. The van der Waals surface area contributed by atoms with Crippen LogP contribution in [-0.2, 0) is 4.74 Å². The number of ether oxygens (including phenoxy) is 1. The molecule has 4 heteroatoms. The van der Waals surface area contributed by atoms with Gasteiger partial charge in [-0.05, 0) is 55.0 Å². The second-order valence-electron chi connectivity index (χ2n) is 4.21. The number of hydrogen-bond acceptors (Lipinski definition) is 4. The zero-order valence-corrected chi connectivity index (χ0v) is 12.0. The summed E-state index contributed by atoms with van der Waals surface area (Å²) in [6.45, 7) is 1.88. The van der Waals surface area contributed by atoms with E-state index in [2.05, 4.69) is 6.07 Å². The van der Waals surface area contributed by atoms with Crippen molar-refractivity contribution in [1.82, 2.24) is 0 Å². The van der Waals surface area contributed by atoms with E-state index in [0.717, 1.165) is 15.4 Å². The zero-order chi connectivity index (χ0) is 14.5. The van der Waals surface area contributed by atoms with Crippen LogP contribution in [0.4, 0.5) is 0 Å². The van der Waals surface area contributed by atoms with Gasteiger partial charge >= 0.3 is 5.97 Å². The predicted octanol–water partition coefficient (Wildman–Crippen LogP) is 3.80. The predicted molar refractivity (Wildman–Crippen MR) is 77.8 cm³/mol. The molecular formula is C16H13NO2S. The minimum absolute atomic E-state index is 0.322. The summed E-state index contributed by atoms with van der Waals surface area (Å²) in [4.78, 5) is 13.6. The average molecular weight is 283 g/mol. The Kier molecular flexibility index (Phi) is 4.44. The molecule has 0 saturated carbocycles. The first-order valence-corrected chi connectivity index (χ1v) is 6.82. The highest BCUT2D eigenvalue weighted by Gasteiger charge is 2.09. The molecule has 3 nitrogen and oxygen atoms in total. The van der Waals surface area contributed by atoms with Gasteiger partial charge in [0.15, 0.2) is 0 Å². The molecule has 0 aliphatic carbocycles. The van der Waals surface area contributed by atoms with Crippen LogP contribution < -0.4 is 0 Å². The zero-order valence-electron chi connectivity index (χ0n) is 11.2. The third kappa shape index (κ3) is 3.19. The van der Waals surface area contributed by atoms with Crippen LogP contribution in [-0.4, -0.2) is 13.1 Å². The van der Waals surface area contributed by atoms with Crippen LogP contribution in [0.3, 0.4) is 0 Å². The minimum Gasteiger partial charge on any atom is -0.465 e. The maximum Gasteiger partial charge on any atom is 0.338 e. The van der Waals surface area contributed by atoms with Crippen molar-refractivity contribution in [3.63, 3.8) is 0 Å². The van der Waals surface area contributed by atoms with Crippen LogP contribution >= 0.6 is 11.8 Å². The minimum atomic E-state index is -0.322. The van der Waals surface area contributed by atoms with Crippen LogP contribution in [0.1, 0.15) is 21.5 Å². The normalized spacial score (nSPS) is 9.85. The van der Waals surface area contributed by atoms with Crippen molar-refractivity contribution in [3.8, 4) is 6.07 Å². The van der Waals surface area contributed by atoms with Gasteiger partial charge in [0, 0.05) is 9.79 Å². The van der Waals surface area contributed by atoms with Gasteiger partial charge in [-0.25, -0.2) is 4.79 Å². The summed E-state index contributed by atoms with van der Waals surface area (Å²) in [5, 5.41) is 8.76. The lowest BCUT2D eigenvalue weighted by Crippen LogP contribution is -2.03. The molecule has 0 aliphatic rings. The first-order chi connectivity index (χ1) is 9.63. The number of hydrogen-bond donors (Lipinski definition) is 0. The third-order valence-electron chi connectivity index (χ3n) is 2.82. The summed E-state index contributed by atoms with van der Waals surface area (Å²) in [6.07, 6.45) is 0. The highest BCUT2D eigenvalue weighted by molar-refractivity contribution is 7.99. The quantitative estimate of drug-likeness (QED) is 0.804. The molecule has 2 rings (SSSR count). The molecule has 0 saturated heterocycles. The first kappa shape index (κ1) is 14.2. The largest absolute Gasteiger partial charge is 0.465 e. The molecule has 0 amide bonds. The van der Waals surface area contributed by atoms with E-state index in [1.54, 1.807) is 30.0 Å². The Hall–Kier alpha value is -2.25. The Morgan fingerprint density at radius 2 is 1.80 bits per heavy atom. The molecule has 0 N–H and O–H groups in total. The number of benzene rings is 2. The summed E-state index contributed by atoms with van der Waals surface area (Å²) in [5.41, 5.74) is 2.11. The van der Waals surface area contributed by atoms with Crippen LogP contribution in [0.2, 0.25) is 0 Å². The number of nitriles is 1. The molecule has 0 bridgehead atoms. The van der Waals surface area contributed by atoms with Gasteiger partial charge in [0.1, 0.15) is 0 Å². The highest BCUT2D eigenvalue weighted by atomic mass is 32.2. The van der Waals surface area contributed by atoms with Gasteiger partial charge in [-0.3, -0.25) is 0 Å². The molecule has 20 heavy (non-hydrogen) atoms. The molecule has 100 valence electrons. The fraction of sp³-hybridized carbons (Fsp3) is 0.125. The smallest absolute Gasteiger partial charge is 0.338 e. The van der Waals surface area contributed by atoms with E-state index in [4.69, 9.17) is 10.00 Å². The number of carbonyl (C=O) groups excluding carboxylic acids is 1. The van der Waals surface area contributed by atoms with E-state index in [1.165, 1.54) is 7.11 Å². The standard InChI is InChI=1S/C16H13NO2S/c1-11-9-14(7-8-15(11)16(18)19-2)20-13-5-3-12(10-17)4-6-13/h3-9H,1-2H3. The number of methoxy groups -OCH3 is 1. The molecule has 0 fully saturated rings. The van der Waals surface area contributed by atoms with Gasteiger partial charge in [0.25, 0.3) is 0 Å². The van der Waals surface area contributed by atoms with E-state index in [9.17, 15) is 4.79 Å². The van der Waals surface area contributed by atoms with Gasteiger partial charge in [-0.15, -0.1) is 0 Å². The highest BCUT2D eigenvalue weighted by Crippen LogP contribution is 2.29. The third-order valence-corrected chi connectivity index (χ3v) is 3.82. The number of rotatable bonds is 3. The van der Waals surface area contributed by atoms with Crippen molar-refractivity contribution in [3.05, 3.63) is 59.2 Å². The maximum absolute atomic E-state index is 11.5. The fourth-order valence-corrected chi connectivity index (χ4v) is 2.69. The lowest BCUT2D eigenvalue weighted by molar-refractivity contribution is 0.0600. The van der Waals surface area contributed by atoms with Gasteiger partial charge in [0.2, 0.25) is 0 Å². The average Bonchev–Trinajstić information content (AvgIpc) is 2.47. The van der Waals surface area contributed by atoms with Crippen LogP contribution in [0.25, 0.3) is 0 Å². The molecule has 0 aromatic heterocycles. The molecular weight excluding hydrogens is 270 g/mol. The van der Waals surface area contributed by atoms with E-state index in [1.807, 2.05) is 31.2 Å². The maximum atomic E-state index is 11.5. The Morgan fingerprint density at radius 1 is 1.15 bits per heavy atom. The van der Waals surface area contributed by atoms with Crippen molar-refractivity contribution in [1.29, 1.82) is 5.26 Å². The lowest BCUT2D eigenvalue weighted by Gasteiger charge is -2.07. The Morgan fingerprint density at radius 3 is 2.35 bits per heavy atom. The Bertz CT molecular complexity index is 672. The monoisotopic (exact) mass is 283 g/mol. The molecule has 0 aliphatic heterocycles. The molecule has 0 radical (unpaired) electrons. The van der Waals surface area contributed by atoms with Crippen molar-refractivity contribution < 1.29 is 9.53 Å². The molecule has 2 aromatic rings. The first-order valence-electron chi connectivity index (χ1n) is 6.01. The summed E-state index contributed by atoms with van der Waals surface area (Å²) in [5.74, 6) is -0.322. The van der Waals surface area contributed by atoms with Gasteiger partial charge in [0.05, 0.1) is 24.3 Å². The van der Waals surface area contributed by atoms with E-state index in [-0.39, 0.29) is 5.97 Å². The molecule has 0 atom stereocenters. The summed E-state index contributed by atoms with van der Waals surface area (Å²) >= 11 is 1.59. The van der Waals surface area contributed by atoms with Gasteiger partial charge in [-0.2, -0.15) is 5.26 Å². The van der Waals surface area contributed by atoms with Crippen molar-refractivity contribution in [2.45, 2.75) is 16.7 Å². The fourth-order valence-electron chi connectivity index (χ4n) is 1.77. The van der Waals surface area contributed by atoms with Crippen molar-refractivity contribution in [2.75, 3.05) is 7.11 Å². The van der Waals surface area contributed by atoms with Crippen LogP contribution in [0.15, 0.2) is 52.3 Å². The van der Waals surface area contributed by atoms with Crippen molar-refractivity contribution >= 4 is 17.7 Å². The molecule has 0 unspecified atom stereocenters. The molecule has 0 spiro atoms. The summed E-state index contributed by atoms with van der Waals surface area (Å²) in [7, 11) is 1.38. The molecule has 2 aromatic carbocycles. The van der Waals surface area contributed by atoms with Crippen LogP contribution in [0.5, 0.6) is 0 Å². The Labute approximate surface area is 122 Å². The summed E-state index contributed by atoms with van der Waals surface area (Å²) < 4.78 is 4.72. The van der Waals surface area contributed by atoms with E-state index < -0.39 is 0 Å². The van der Waals surface area contributed by atoms with E-state index >= 15 is 0 Å². The van der Waals surface area contributed by atoms with Crippen molar-refractivity contribution in [2.24, 2.45) is 0 Å². The SMILES string of the molecule is COC(=O)c1ccc(Sc2ccc(C#N)cc2)cc1C. The second-order valence-corrected chi connectivity index (χ2v) is 5.35. The lowest BCUT2D eigenvalue weighted by atomic mass is 10.1. The number of aryl methyl sites for hydroxylation is 1. The number of carbonyl (C=O) groups is 1. The van der Waals surface area contributed by atoms with Crippen LogP contribution in [0, 0.1) is 18.3 Å². The Balaban J connectivity index is 2.20. The van der Waals surface area contributed by atoms with Gasteiger partial charge in [-0.1, -0.05) is 11.8 Å². The number of esters is 1. The van der Waals surface area contributed by atoms with E-state index in [0.29, 0.717) is 11.1 Å². The summed E-state index contributed by atoms with van der Waals surface area (Å²) in [6, 6.07) is 15.1. The van der Waals surface area contributed by atoms with Gasteiger partial charge < -0.3 is 4.74 Å². The number of nitrogens with zero attached hydrogens (tertiary/aromatic N) is 1.